The van der Waals surface area contributed by atoms with E-state index < -0.39 is 5.51 Å². The molecule has 20 heavy (non-hydrogen) atoms. The molecule has 0 amide bonds. The van der Waals surface area contributed by atoms with Crippen molar-refractivity contribution in [3.63, 3.8) is 0 Å². The number of benzene rings is 1. The molecule has 0 spiro atoms. The van der Waals surface area contributed by atoms with Crippen LogP contribution >= 0.6 is 11.8 Å². The molecule has 0 aromatic heterocycles. The molecule has 1 aromatic rings. The van der Waals surface area contributed by atoms with Gasteiger partial charge in [0.1, 0.15) is 5.82 Å². The number of alkyl halides is 3. The smallest absolute Gasteiger partial charge is 0.314 e. The summed E-state index contributed by atoms with van der Waals surface area (Å²) in [7, 11) is 0. The van der Waals surface area contributed by atoms with Gasteiger partial charge >= 0.3 is 5.51 Å². The van der Waals surface area contributed by atoms with Crippen LogP contribution in [0.25, 0.3) is 0 Å². The summed E-state index contributed by atoms with van der Waals surface area (Å²) in [5.41, 5.74) is -3.33. The number of nitrogens with one attached hydrogen (secondary N) is 1. The van der Waals surface area contributed by atoms with E-state index in [1.54, 1.807) is 12.1 Å². The molecule has 6 heteroatoms. The molecule has 114 valence electrons. The molecule has 0 fully saturated rings. The molecule has 0 bridgehead atoms. The maximum absolute atomic E-state index is 12.9. The molecule has 1 aromatic carbocycles. The standard InChI is InChI=1S/C14H19F4NS/c1-10(2)19-9-12(7-8-20-14(16,17)18)11-3-5-13(15)6-4-11/h3-6,10,12,19H,7-9H2,1-2H3. The Hall–Kier alpha value is -0.750. The molecule has 0 saturated heterocycles. The van der Waals surface area contributed by atoms with Crippen molar-refractivity contribution in [3.8, 4) is 0 Å². The predicted molar refractivity (Wildman–Crippen MR) is 75.4 cm³/mol. The maximum Gasteiger partial charge on any atom is 0.441 e. The summed E-state index contributed by atoms with van der Waals surface area (Å²) in [6, 6.07) is 6.22. The number of rotatable bonds is 7. The van der Waals surface area contributed by atoms with Gasteiger partial charge in [-0.3, -0.25) is 0 Å². The quantitative estimate of drug-likeness (QED) is 0.742. The lowest BCUT2D eigenvalue weighted by molar-refractivity contribution is -0.0328. The summed E-state index contributed by atoms with van der Waals surface area (Å²) in [6.45, 7) is 4.54. The summed E-state index contributed by atoms with van der Waals surface area (Å²) in [6.07, 6.45) is 0.398. The Morgan fingerprint density at radius 1 is 1.15 bits per heavy atom. The highest BCUT2D eigenvalue weighted by Crippen LogP contribution is 2.32. The second kappa shape index (κ2) is 7.88. The Kier molecular flexibility index (Phi) is 6.82. The molecule has 1 atom stereocenters. The molecule has 0 aliphatic rings. The van der Waals surface area contributed by atoms with E-state index in [0.29, 0.717) is 13.0 Å². The highest BCUT2D eigenvalue weighted by atomic mass is 32.2. The second-order valence-corrected chi connectivity index (χ2v) is 6.05. The molecule has 1 N–H and O–H groups in total. The Labute approximate surface area is 121 Å². The fourth-order valence-corrected chi connectivity index (χ4v) is 2.45. The van der Waals surface area contributed by atoms with Crippen molar-refractivity contribution >= 4 is 11.8 Å². The number of halogens is 4. The van der Waals surface area contributed by atoms with Crippen LogP contribution in [0.15, 0.2) is 24.3 Å². The number of thioether (sulfide) groups is 1. The van der Waals surface area contributed by atoms with Gasteiger partial charge in [-0.25, -0.2) is 4.39 Å². The summed E-state index contributed by atoms with van der Waals surface area (Å²) >= 11 is -0.00788. The SMILES string of the molecule is CC(C)NCC(CCSC(F)(F)F)c1ccc(F)cc1. The van der Waals surface area contributed by atoms with Gasteiger partial charge < -0.3 is 5.32 Å². The van der Waals surface area contributed by atoms with Crippen molar-refractivity contribution in [2.45, 2.75) is 37.7 Å². The third-order valence-electron chi connectivity index (χ3n) is 2.85. The van der Waals surface area contributed by atoms with Crippen molar-refractivity contribution in [2.24, 2.45) is 0 Å². The summed E-state index contributed by atoms with van der Waals surface area (Å²) < 4.78 is 49.4. The van der Waals surface area contributed by atoms with Gasteiger partial charge in [-0.2, -0.15) is 13.2 Å². The van der Waals surface area contributed by atoms with Crippen molar-refractivity contribution in [3.05, 3.63) is 35.6 Å². The Bertz CT molecular complexity index is 389. The van der Waals surface area contributed by atoms with E-state index in [1.165, 1.54) is 12.1 Å². The van der Waals surface area contributed by atoms with Gasteiger partial charge in [0, 0.05) is 18.3 Å². The number of hydrogen-bond donors (Lipinski definition) is 1. The molecule has 0 radical (unpaired) electrons. The van der Waals surface area contributed by atoms with E-state index in [0.717, 1.165) is 5.56 Å². The summed E-state index contributed by atoms with van der Waals surface area (Å²) in [5, 5.41) is 3.22. The first kappa shape index (κ1) is 17.3. The third-order valence-corrected chi connectivity index (χ3v) is 3.61. The van der Waals surface area contributed by atoms with E-state index in [-0.39, 0.29) is 35.3 Å². The number of hydrogen-bond acceptors (Lipinski definition) is 2. The van der Waals surface area contributed by atoms with Crippen LogP contribution in [-0.4, -0.2) is 23.8 Å². The first-order valence-corrected chi connectivity index (χ1v) is 7.46. The van der Waals surface area contributed by atoms with Crippen LogP contribution in [-0.2, 0) is 0 Å². The lowest BCUT2D eigenvalue weighted by Gasteiger charge is -2.20. The van der Waals surface area contributed by atoms with Gasteiger partial charge in [-0.1, -0.05) is 37.7 Å². The minimum atomic E-state index is -4.20. The summed E-state index contributed by atoms with van der Waals surface area (Å²) in [4.78, 5) is 0. The lowest BCUT2D eigenvalue weighted by Crippen LogP contribution is -2.28. The maximum atomic E-state index is 12.9. The van der Waals surface area contributed by atoms with Crippen LogP contribution in [0.3, 0.4) is 0 Å². The fourth-order valence-electron chi connectivity index (χ4n) is 1.82. The molecule has 0 aliphatic carbocycles. The first-order valence-electron chi connectivity index (χ1n) is 6.47. The minimum absolute atomic E-state index is 0.00528. The summed E-state index contributed by atoms with van der Waals surface area (Å²) in [5.74, 6) is -0.382. The van der Waals surface area contributed by atoms with Crippen LogP contribution in [0.4, 0.5) is 17.6 Å². The monoisotopic (exact) mass is 309 g/mol. The zero-order chi connectivity index (χ0) is 15.2. The second-order valence-electron chi connectivity index (χ2n) is 4.89. The molecule has 1 nitrogen and oxygen atoms in total. The largest absolute Gasteiger partial charge is 0.441 e. The molecule has 1 unspecified atom stereocenters. The highest BCUT2D eigenvalue weighted by molar-refractivity contribution is 8.00. The van der Waals surface area contributed by atoms with E-state index in [2.05, 4.69) is 5.32 Å². The Morgan fingerprint density at radius 3 is 2.25 bits per heavy atom. The van der Waals surface area contributed by atoms with Crippen LogP contribution in [0.5, 0.6) is 0 Å². The predicted octanol–water partition coefficient (Wildman–Crippen LogP) is 4.55. The van der Waals surface area contributed by atoms with E-state index in [4.69, 9.17) is 0 Å². The van der Waals surface area contributed by atoms with Crippen LogP contribution < -0.4 is 5.32 Å². The molecular weight excluding hydrogens is 290 g/mol. The first-order chi connectivity index (χ1) is 9.28. The van der Waals surface area contributed by atoms with Crippen molar-refractivity contribution in [1.29, 1.82) is 0 Å². The average Bonchev–Trinajstić information content (AvgIpc) is 2.33. The van der Waals surface area contributed by atoms with E-state index in [1.807, 2.05) is 13.8 Å². The van der Waals surface area contributed by atoms with Gasteiger partial charge in [0.2, 0.25) is 0 Å². The molecule has 0 aliphatic heterocycles. The fraction of sp³-hybridized carbons (Fsp3) is 0.571. The zero-order valence-corrected chi connectivity index (χ0v) is 12.3. The highest BCUT2D eigenvalue weighted by Gasteiger charge is 2.28. The van der Waals surface area contributed by atoms with Crippen LogP contribution in [0, 0.1) is 5.82 Å². The van der Waals surface area contributed by atoms with Gasteiger partial charge in [-0.15, -0.1) is 0 Å². The minimum Gasteiger partial charge on any atom is -0.314 e. The van der Waals surface area contributed by atoms with Crippen molar-refractivity contribution in [2.75, 3.05) is 12.3 Å². The molecule has 1 rings (SSSR count). The average molecular weight is 309 g/mol. The molecule has 0 heterocycles. The van der Waals surface area contributed by atoms with Gasteiger partial charge in [-0.05, 0) is 30.0 Å². The van der Waals surface area contributed by atoms with Gasteiger partial charge in [0.25, 0.3) is 0 Å². The van der Waals surface area contributed by atoms with Crippen LogP contribution in [0.2, 0.25) is 0 Å². The molecule has 0 saturated carbocycles. The normalized spacial score (nSPS) is 13.8. The van der Waals surface area contributed by atoms with Crippen molar-refractivity contribution in [1.82, 2.24) is 5.32 Å². The van der Waals surface area contributed by atoms with E-state index >= 15 is 0 Å². The van der Waals surface area contributed by atoms with Crippen molar-refractivity contribution < 1.29 is 17.6 Å². The van der Waals surface area contributed by atoms with E-state index in [9.17, 15) is 17.6 Å². The van der Waals surface area contributed by atoms with Crippen LogP contribution in [0.1, 0.15) is 31.7 Å². The Balaban J connectivity index is 2.62. The zero-order valence-electron chi connectivity index (χ0n) is 11.5. The lowest BCUT2D eigenvalue weighted by atomic mass is 9.96. The topological polar surface area (TPSA) is 12.0 Å². The molecular formula is C14H19F4NS. The third kappa shape index (κ3) is 7.14. The van der Waals surface area contributed by atoms with Gasteiger partial charge in [0.15, 0.2) is 0 Å². The van der Waals surface area contributed by atoms with Gasteiger partial charge in [0.05, 0.1) is 0 Å². The Morgan fingerprint density at radius 2 is 1.75 bits per heavy atom.